The topological polar surface area (TPSA) is 59.0 Å². The molecule has 1 aliphatic carbocycles. The lowest BCUT2D eigenvalue weighted by atomic mass is 10.1. The highest BCUT2D eigenvalue weighted by Gasteiger charge is 2.34. The minimum absolute atomic E-state index is 0.201. The van der Waals surface area contributed by atoms with Gasteiger partial charge in [0.2, 0.25) is 0 Å². The van der Waals surface area contributed by atoms with Crippen LogP contribution in [0.15, 0.2) is 84.2 Å². The monoisotopic (exact) mass is 535 g/mol. The van der Waals surface area contributed by atoms with E-state index in [1.807, 2.05) is 35.2 Å². The summed E-state index contributed by atoms with van der Waals surface area (Å²) in [5.41, 5.74) is 1.11. The molecule has 3 rings (SSSR count). The molecule has 5 nitrogen and oxygen atoms in total. The smallest absolute Gasteiger partial charge is 0.417 e. The first-order valence-corrected chi connectivity index (χ1v) is 12.1. The van der Waals surface area contributed by atoms with Crippen molar-refractivity contribution in [3.8, 4) is 0 Å². The molecule has 0 unspecified atom stereocenters. The summed E-state index contributed by atoms with van der Waals surface area (Å²) < 4.78 is 51.7. The van der Waals surface area contributed by atoms with Crippen molar-refractivity contribution in [3.63, 3.8) is 0 Å². The first-order chi connectivity index (χ1) is 17.7. The zero-order valence-corrected chi connectivity index (χ0v) is 21.1. The van der Waals surface area contributed by atoms with Crippen LogP contribution in [0.4, 0.5) is 13.2 Å². The van der Waals surface area contributed by atoms with Crippen LogP contribution < -0.4 is 0 Å². The molecule has 2 aromatic rings. The fraction of sp³-hybridized carbons (Fsp3) is 0.321. The van der Waals surface area contributed by atoms with Crippen LogP contribution in [0, 0.1) is 0 Å². The lowest BCUT2D eigenvalue weighted by molar-refractivity contribution is -0.137. The highest BCUT2D eigenvalue weighted by molar-refractivity contribution is 6.32. The molecule has 1 atom stereocenters. The molecule has 0 saturated carbocycles. The van der Waals surface area contributed by atoms with Crippen molar-refractivity contribution in [1.29, 1.82) is 0 Å². The Labute approximate surface area is 219 Å². The Morgan fingerprint density at radius 2 is 1.95 bits per heavy atom. The molecule has 0 bridgehead atoms. The number of aliphatic carboxylic acids is 1. The predicted octanol–water partition coefficient (Wildman–Crippen LogP) is 6.81. The van der Waals surface area contributed by atoms with Crippen molar-refractivity contribution >= 4 is 17.6 Å². The second-order valence-electron chi connectivity index (χ2n) is 8.57. The zero-order valence-electron chi connectivity index (χ0n) is 20.4. The maximum atomic E-state index is 13.4. The molecule has 0 heterocycles. The number of methoxy groups -OCH3 is 1. The summed E-state index contributed by atoms with van der Waals surface area (Å²) in [5, 5.41) is 8.64. The number of rotatable bonds is 12. The van der Waals surface area contributed by atoms with E-state index in [1.54, 1.807) is 31.4 Å². The standard InChI is InChI=1S/C28H29ClF3NO4/c1-36-25(21-9-3-2-4-10-21)19-33(18-22-11-6-13-24(27(22)29)28(30,31)32)14-7-15-37-23-12-5-8-20(16-23)17-26(34)35/h2-6,8-13,17,25H,7,14-16,18-19H2,1H3,(H,34,35)/t25-/m1/s1. The molecule has 0 aromatic heterocycles. The summed E-state index contributed by atoms with van der Waals surface area (Å²) in [5.74, 6) is -0.363. The van der Waals surface area contributed by atoms with Gasteiger partial charge in [-0.15, -0.1) is 0 Å². The van der Waals surface area contributed by atoms with E-state index in [4.69, 9.17) is 26.2 Å². The van der Waals surface area contributed by atoms with Crippen LogP contribution in [0.1, 0.15) is 35.6 Å². The van der Waals surface area contributed by atoms with E-state index in [2.05, 4.69) is 0 Å². The number of carbonyl (C=O) groups is 1. The largest absolute Gasteiger partial charge is 0.498 e. The molecule has 1 N–H and O–H groups in total. The summed E-state index contributed by atoms with van der Waals surface area (Å²) in [6.07, 6.45) is 2.52. The Bertz CT molecular complexity index is 1150. The number of halogens is 4. The number of nitrogens with zero attached hydrogens (tertiary/aromatic N) is 1. The third-order valence-corrected chi connectivity index (χ3v) is 6.29. The number of hydrogen-bond acceptors (Lipinski definition) is 4. The highest BCUT2D eigenvalue weighted by Crippen LogP contribution is 2.36. The molecule has 198 valence electrons. The Kier molecular flexibility index (Phi) is 10.4. The fourth-order valence-corrected chi connectivity index (χ4v) is 4.35. The van der Waals surface area contributed by atoms with Gasteiger partial charge in [0, 0.05) is 39.2 Å². The van der Waals surface area contributed by atoms with Gasteiger partial charge in [-0.05, 0) is 35.3 Å². The Hall–Kier alpha value is -3.07. The van der Waals surface area contributed by atoms with Crippen molar-refractivity contribution in [2.24, 2.45) is 0 Å². The molecule has 9 heteroatoms. The number of carboxylic acid groups (broad SMARTS) is 1. The Balaban J connectivity index is 1.69. The van der Waals surface area contributed by atoms with E-state index in [0.29, 0.717) is 49.4 Å². The quantitative estimate of drug-likeness (QED) is 0.239. The molecular formula is C28H29ClF3NO4. The molecule has 0 saturated heterocycles. The van der Waals surface area contributed by atoms with Gasteiger partial charge in [0.05, 0.1) is 23.3 Å². The molecule has 0 aliphatic heterocycles. The second-order valence-corrected chi connectivity index (χ2v) is 8.95. The molecule has 2 aromatic carbocycles. The fourth-order valence-electron chi connectivity index (χ4n) is 4.06. The zero-order chi connectivity index (χ0) is 26.8. The first kappa shape index (κ1) is 28.5. The van der Waals surface area contributed by atoms with Gasteiger partial charge in [-0.25, -0.2) is 4.79 Å². The van der Waals surface area contributed by atoms with Crippen molar-refractivity contribution in [1.82, 2.24) is 4.90 Å². The van der Waals surface area contributed by atoms with Gasteiger partial charge in [0.25, 0.3) is 0 Å². The Morgan fingerprint density at radius 1 is 1.19 bits per heavy atom. The Morgan fingerprint density at radius 3 is 2.62 bits per heavy atom. The summed E-state index contributed by atoms with van der Waals surface area (Å²) in [7, 11) is 1.60. The summed E-state index contributed by atoms with van der Waals surface area (Å²) in [4.78, 5) is 12.9. The predicted molar refractivity (Wildman–Crippen MR) is 136 cm³/mol. The molecule has 1 aliphatic rings. The van der Waals surface area contributed by atoms with Gasteiger partial charge < -0.3 is 14.6 Å². The van der Waals surface area contributed by atoms with E-state index in [-0.39, 0.29) is 17.7 Å². The van der Waals surface area contributed by atoms with E-state index in [0.717, 1.165) is 17.7 Å². The molecule has 0 amide bonds. The second kappa shape index (κ2) is 13.5. The number of ether oxygens (including phenoxy) is 2. The molecule has 0 spiro atoms. The van der Waals surface area contributed by atoms with Crippen molar-refractivity contribution in [2.75, 3.05) is 26.8 Å². The normalized spacial score (nSPS) is 15.6. The first-order valence-electron chi connectivity index (χ1n) is 11.8. The van der Waals surface area contributed by atoms with Crippen LogP contribution in [0.5, 0.6) is 0 Å². The van der Waals surface area contributed by atoms with Crippen LogP contribution in [-0.2, 0) is 27.0 Å². The number of benzene rings is 2. The molecule has 37 heavy (non-hydrogen) atoms. The van der Waals surface area contributed by atoms with E-state index < -0.39 is 17.7 Å². The van der Waals surface area contributed by atoms with Crippen LogP contribution in [-0.4, -0.2) is 42.8 Å². The van der Waals surface area contributed by atoms with E-state index in [9.17, 15) is 18.0 Å². The van der Waals surface area contributed by atoms with Crippen LogP contribution in [0.2, 0.25) is 5.02 Å². The third-order valence-electron chi connectivity index (χ3n) is 5.84. The lowest BCUT2D eigenvalue weighted by Gasteiger charge is -2.28. The summed E-state index contributed by atoms with van der Waals surface area (Å²) >= 11 is 6.17. The average Bonchev–Trinajstić information content (AvgIpc) is 2.85. The average molecular weight is 536 g/mol. The van der Waals surface area contributed by atoms with Gasteiger partial charge in [0.1, 0.15) is 5.76 Å². The molecular weight excluding hydrogens is 507 g/mol. The lowest BCUT2D eigenvalue weighted by Crippen LogP contribution is -2.31. The highest BCUT2D eigenvalue weighted by atomic mass is 35.5. The van der Waals surface area contributed by atoms with Crippen LogP contribution in [0.25, 0.3) is 0 Å². The van der Waals surface area contributed by atoms with Crippen molar-refractivity contribution in [3.05, 3.63) is 106 Å². The maximum absolute atomic E-state index is 13.4. The van der Waals surface area contributed by atoms with Gasteiger partial charge in [-0.1, -0.05) is 66.2 Å². The summed E-state index contributed by atoms with van der Waals surface area (Å²) in [6.45, 7) is 1.51. The minimum atomic E-state index is -4.54. The van der Waals surface area contributed by atoms with Gasteiger partial charge in [0.15, 0.2) is 0 Å². The van der Waals surface area contributed by atoms with Gasteiger partial charge in [-0.2, -0.15) is 13.2 Å². The van der Waals surface area contributed by atoms with Crippen molar-refractivity contribution in [2.45, 2.75) is 31.7 Å². The van der Waals surface area contributed by atoms with Crippen LogP contribution in [0.3, 0.4) is 0 Å². The van der Waals surface area contributed by atoms with Gasteiger partial charge in [-0.3, -0.25) is 4.90 Å². The number of allylic oxidation sites excluding steroid dienone is 4. The minimum Gasteiger partial charge on any atom is -0.498 e. The van der Waals surface area contributed by atoms with E-state index >= 15 is 0 Å². The number of alkyl halides is 3. The van der Waals surface area contributed by atoms with Gasteiger partial charge >= 0.3 is 12.1 Å². The molecule has 0 radical (unpaired) electrons. The van der Waals surface area contributed by atoms with E-state index in [1.165, 1.54) is 6.07 Å². The summed E-state index contributed by atoms with van der Waals surface area (Å²) in [6, 6.07) is 13.5. The third kappa shape index (κ3) is 8.77. The SMILES string of the molecule is CO[C@H](CN(CCCOC1=CC=CC(=CC(=O)O)C1)Cc1cccc(C(F)(F)F)c1Cl)c1ccccc1. The number of hydrogen-bond donors (Lipinski definition) is 1. The number of carboxylic acids is 1. The van der Waals surface area contributed by atoms with Crippen molar-refractivity contribution < 1.29 is 32.5 Å². The van der Waals surface area contributed by atoms with Crippen LogP contribution >= 0.6 is 11.6 Å². The maximum Gasteiger partial charge on any atom is 0.417 e. The molecule has 0 fully saturated rings.